The molecular weight excluding hydrogens is 475 g/mol. The number of rotatable bonds is 8. The van der Waals surface area contributed by atoms with E-state index in [1.807, 2.05) is 0 Å². The fourth-order valence-corrected chi connectivity index (χ4v) is 3.15. The van der Waals surface area contributed by atoms with Crippen molar-refractivity contribution in [2.75, 3.05) is 32.4 Å². The molecule has 7 heteroatoms. The van der Waals surface area contributed by atoms with Crippen LogP contribution in [0.2, 0.25) is 0 Å². The Morgan fingerprint density at radius 1 is 1.04 bits per heavy atom. The third-order valence-corrected chi connectivity index (χ3v) is 4.94. The molecule has 2 aromatic carbocycles. The van der Waals surface area contributed by atoms with Crippen LogP contribution >= 0.6 is 22.6 Å². The van der Waals surface area contributed by atoms with Crippen molar-refractivity contribution in [1.29, 1.82) is 0 Å². The molecule has 1 aliphatic rings. The molecule has 0 saturated carbocycles. The first-order valence-electron chi connectivity index (χ1n) is 8.68. The average Bonchev–Trinajstić information content (AvgIpc) is 3.02. The molecule has 2 aromatic rings. The van der Waals surface area contributed by atoms with E-state index in [9.17, 15) is 4.79 Å². The lowest BCUT2D eigenvalue weighted by Crippen LogP contribution is -1.99. The van der Waals surface area contributed by atoms with E-state index in [4.69, 9.17) is 23.7 Å². The molecule has 148 valence electrons. The van der Waals surface area contributed by atoms with E-state index in [0.717, 1.165) is 10.8 Å². The number of ether oxygens (including phenoxy) is 5. The number of carbonyl (C=O) groups excluding carboxylic acids is 1. The number of hydrogen-bond acceptors (Lipinski definition) is 6. The standard InChI is InChI=1S/C21H21IO6/c1-24-18-10-13(11-19(25-2)21(18)26-3)9-17-20(23)15-6-5-14(12-16(15)28-17)27-8-4-7-22/h5-6,9-12H,4,7-8H2,1-3H3/b17-9-. The minimum atomic E-state index is -0.178. The van der Waals surface area contributed by atoms with Gasteiger partial charge in [-0.1, -0.05) is 22.6 Å². The topological polar surface area (TPSA) is 63.2 Å². The summed E-state index contributed by atoms with van der Waals surface area (Å²) in [5.74, 6) is 2.73. The second-order valence-electron chi connectivity index (χ2n) is 5.95. The van der Waals surface area contributed by atoms with Gasteiger partial charge in [0.25, 0.3) is 0 Å². The SMILES string of the molecule is COc1cc(/C=C2\Oc3cc(OCCCI)ccc3C2=O)cc(OC)c1OC. The first-order chi connectivity index (χ1) is 13.6. The Morgan fingerprint density at radius 3 is 2.36 bits per heavy atom. The quantitative estimate of drug-likeness (QED) is 0.232. The summed E-state index contributed by atoms with van der Waals surface area (Å²) in [6, 6.07) is 8.78. The fraction of sp³-hybridized carbons (Fsp3) is 0.286. The van der Waals surface area contributed by atoms with Crippen molar-refractivity contribution in [1.82, 2.24) is 0 Å². The summed E-state index contributed by atoms with van der Waals surface area (Å²) in [5, 5.41) is 0. The van der Waals surface area contributed by atoms with Crippen LogP contribution in [0.5, 0.6) is 28.7 Å². The highest BCUT2D eigenvalue weighted by Gasteiger charge is 2.28. The lowest BCUT2D eigenvalue weighted by Gasteiger charge is -2.13. The van der Waals surface area contributed by atoms with Gasteiger partial charge in [0.2, 0.25) is 11.5 Å². The number of hydrogen-bond donors (Lipinski definition) is 0. The molecule has 28 heavy (non-hydrogen) atoms. The maximum atomic E-state index is 12.7. The van der Waals surface area contributed by atoms with Crippen LogP contribution in [0.25, 0.3) is 6.08 Å². The maximum absolute atomic E-state index is 12.7. The van der Waals surface area contributed by atoms with Gasteiger partial charge in [0.1, 0.15) is 11.5 Å². The zero-order valence-corrected chi connectivity index (χ0v) is 18.1. The van der Waals surface area contributed by atoms with E-state index < -0.39 is 0 Å². The van der Waals surface area contributed by atoms with Gasteiger partial charge in [0, 0.05) is 10.5 Å². The third kappa shape index (κ3) is 4.19. The molecule has 0 amide bonds. The average molecular weight is 496 g/mol. The van der Waals surface area contributed by atoms with Crippen molar-refractivity contribution in [3.63, 3.8) is 0 Å². The van der Waals surface area contributed by atoms with Crippen LogP contribution < -0.4 is 23.7 Å². The predicted octanol–water partition coefficient (Wildman–Crippen LogP) is 4.53. The molecule has 0 fully saturated rings. The highest BCUT2D eigenvalue weighted by Crippen LogP contribution is 2.40. The summed E-state index contributed by atoms with van der Waals surface area (Å²) in [4.78, 5) is 12.7. The van der Waals surface area contributed by atoms with Gasteiger partial charge in [-0.25, -0.2) is 0 Å². The van der Waals surface area contributed by atoms with Gasteiger partial charge in [-0.3, -0.25) is 4.79 Å². The smallest absolute Gasteiger partial charge is 0.231 e. The zero-order chi connectivity index (χ0) is 20.1. The van der Waals surface area contributed by atoms with E-state index in [2.05, 4.69) is 22.6 Å². The molecule has 1 aliphatic heterocycles. The van der Waals surface area contributed by atoms with Crippen molar-refractivity contribution in [3.05, 3.63) is 47.2 Å². The number of benzene rings is 2. The summed E-state index contributed by atoms with van der Waals surface area (Å²) in [7, 11) is 4.63. The lowest BCUT2D eigenvalue weighted by atomic mass is 10.1. The normalized spacial score (nSPS) is 13.9. The molecule has 0 spiro atoms. The molecular formula is C21H21IO6. The number of Topliss-reactive ketones (excluding diaryl/α,β-unsaturated/α-hetero) is 1. The Kier molecular flexibility index (Phi) is 6.66. The largest absolute Gasteiger partial charge is 0.493 e. The molecule has 3 rings (SSSR count). The van der Waals surface area contributed by atoms with Crippen molar-refractivity contribution in [3.8, 4) is 28.7 Å². The second-order valence-corrected chi connectivity index (χ2v) is 7.03. The fourth-order valence-electron chi connectivity index (χ4n) is 2.84. The number of fused-ring (bicyclic) bond motifs is 1. The monoisotopic (exact) mass is 496 g/mol. The van der Waals surface area contributed by atoms with Gasteiger partial charge in [-0.05, 0) is 42.3 Å². The van der Waals surface area contributed by atoms with E-state index in [-0.39, 0.29) is 11.5 Å². The van der Waals surface area contributed by atoms with E-state index in [0.29, 0.717) is 46.5 Å². The molecule has 0 saturated heterocycles. The zero-order valence-electron chi connectivity index (χ0n) is 15.9. The van der Waals surface area contributed by atoms with Crippen LogP contribution in [0.15, 0.2) is 36.1 Å². The van der Waals surface area contributed by atoms with E-state index in [1.54, 1.807) is 57.7 Å². The molecule has 0 unspecified atom stereocenters. The second kappa shape index (κ2) is 9.18. The number of ketones is 1. The van der Waals surface area contributed by atoms with Crippen LogP contribution in [0.1, 0.15) is 22.3 Å². The minimum absolute atomic E-state index is 0.178. The predicted molar refractivity (Wildman–Crippen MR) is 114 cm³/mol. The van der Waals surface area contributed by atoms with Crippen LogP contribution in [-0.4, -0.2) is 38.1 Å². The Balaban J connectivity index is 1.88. The molecule has 0 aromatic heterocycles. The van der Waals surface area contributed by atoms with Crippen molar-refractivity contribution in [2.45, 2.75) is 6.42 Å². The van der Waals surface area contributed by atoms with Crippen molar-refractivity contribution < 1.29 is 28.5 Å². The molecule has 1 heterocycles. The molecule has 0 radical (unpaired) electrons. The number of allylic oxidation sites excluding steroid dienone is 1. The molecule has 0 bridgehead atoms. The van der Waals surface area contributed by atoms with Gasteiger partial charge in [0.15, 0.2) is 17.3 Å². The van der Waals surface area contributed by atoms with Crippen LogP contribution in [-0.2, 0) is 0 Å². The Morgan fingerprint density at radius 2 is 1.75 bits per heavy atom. The molecule has 6 nitrogen and oxygen atoms in total. The summed E-state index contributed by atoms with van der Waals surface area (Å²) >= 11 is 2.31. The Labute approximate surface area is 177 Å². The number of halogens is 1. The maximum Gasteiger partial charge on any atom is 0.231 e. The third-order valence-electron chi connectivity index (χ3n) is 4.17. The summed E-state index contributed by atoms with van der Waals surface area (Å²) in [6.45, 7) is 0.629. The first kappa shape index (κ1) is 20.3. The van der Waals surface area contributed by atoms with Gasteiger partial charge in [-0.15, -0.1) is 0 Å². The summed E-state index contributed by atoms with van der Waals surface area (Å²) in [6.07, 6.45) is 2.62. The molecule has 0 aliphatic carbocycles. The number of methoxy groups -OCH3 is 3. The molecule has 0 N–H and O–H groups in total. The number of carbonyl (C=O) groups is 1. The summed E-state index contributed by atoms with van der Waals surface area (Å²) < 4.78 is 28.5. The van der Waals surface area contributed by atoms with Crippen molar-refractivity contribution >= 4 is 34.5 Å². The van der Waals surface area contributed by atoms with Gasteiger partial charge < -0.3 is 23.7 Å². The molecule has 0 atom stereocenters. The Hall–Kier alpha value is -2.42. The highest BCUT2D eigenvalue weighted by molar-refractivity contribution is 14.1. The van der Waals surface area contributed by atoms with Crippen LogP contribution in [0.3, 0.4) is 0 Å². The van der Waals surface area contributed by atoms with Gasteiger partial charge >= 0.3 is 0 Å². The van der Waals surface area contributed by atoms with E-state index in [1.165, 1.54) is 0 Å². The van der Waals surface area contributed by atoms with E-state index >= 15 is 0 Å². The van der Waals surface area contributed by atoms with Gasteiger partial charge in [0.05, 0.1) is 33.5 Å². The summed E-state index contributed by atoms with van der Waals surface area (Å²) in [5.41, 5.74) is 1.21. The van der Waals surface area contributed by atoms with Crippen molar-refractivity contribution in [2.24, 2.45) is 0 Å². The highest BCUT2D eigenvalue weighted by atomic mass is 127. The number of alkyl halides is 1. The van der Waals surface area contributed by atoms with Crippen LogP contribution in [0, 0.1) is 0 Å². The lowest BCUT2D eigenvalue weighted by molar-refractivity contribution is 0.101. The van der Waals surface area contributed by atoms with Gasteiger partial charge in [-0.2, -0.15) is 0 Å². The first-order valence-corrected chi connectivity index (χ1v) is 10.2. The Bertz CT molecular complexity index is 881. The minimum Gasteiger partial charge on any atom is -0.493 e. The van der Waals surface area contributed by atoms with Crippen LogP contribution in [0.4, 0.5) is 0 Å².